The van der Waals surface area contributed by atoms with E-state index in [2.05, 4.69) is 4.98 Å². The van der Waals surface area contributed by atoms with Crippen molar-refractivity contribution in [3.05, 3.63) is 41.9 Å². The lowest BCUT2D eigenvalue weighted by molar-refractivity contribution is 0.0675. The molecule has 0 spiro atoms. The first-order valence-corrected chi connectivity index (χ1v) is 15.7. The van der Waals surface area contributed by atoms with Crippen LogP contribution in [0.25, 0.3) is 10.2 Å². The van der Waals surface area contributed by atoms with Gasteiger partial charge in [-0.25, -0.2) is 13.4 Å². The van der Waals surface area contributed by atoms with E-state index in [0.29, 0.717) is 54.8 Å². The number of rotatable bonds is 12. The third-order valence-corrected chi connectivity index (χ3v) is 10.1. The third kappa shape index (κ3) is 6.84. The van der Waals surface area contributed by atoms with Gasteiger partial charge in [0, 0.05) is 31.7 Å². The van der Waals surface area contributed by atoms with E-state index in [4.69, 9.17) is 14.2 Å². The van der Waals surface area contributed by atoms with Gasteiger partial charge in [-0.05, 0) is 72.2 Å². The molecule has 2 atom stereocenters. The highest BCUT2D eigenvalue weighted by Gasteiger charge is 2.34. The van der Waals surface area contributed by atoms with E-state index in [1.807, 2.05) is 27.5 Å². The van der Waals surface area contributed by atoms with Gasteiger partial charge in [0.05, 0.1) is 34.8 Å². The summed E-state index contributed by atoms with van der Waals surface area (Å²) in [5, 5.41) is 10.4. The van der Waals surface area contributed by atoms with Gasteiger partial charge in [0.15, 0.2) is 15.7 Å². The Morgan fingerprint density at radius 2 is 1.97 bits per heavy atom. The molecule has 12 heteroatoms. The van der Waals surface area contributed by atoms with Crippen molar-refractivity contribution in [1.82, 2.24) is 14.2 Å². The molecule has 37 heavy (non-hydrogen) atoms. The number of halogens is 1. The standard InChI is InChI=1S/C25H32IN3O6S2/c1-33-22-9-6-19(15-23(22)34-2)35-14-13-28(25(26)30)12-10-18-5-3-4-11-29(18)37(31,32)20-7-8-21-24(16-20)36-17-27-21/h6-9,15-18,25,30H,3-5,10-14H2,1-2H3. The Labute approximate surface area is 235 Å². The van der Waals surface area contributed by atoms with Crippen molar-refractivity contribution in [3.8, 4) is 17.2 Å². The summed E-state index contributed by atoms with van der Waals surface area (Å²) in [6.45, 7) is 1.89. The third-order valence-electron chi connectivity index (χ3n) is 6.54. The topological polar surface area (TPSA) is 101 Å². The normalized spacial score (nSPS) is 17.7. The van der Waals surface area contributed by atoms with Crippen molar-refractivity contribution in [3.63, 3.8) is 0 Å². The Balaban J connectivity index is 1.38. The van der Waals surface area contributed by atoms with E-state index < -0.39 is 14.3 Å². The molecule has 2 unspecified atom stereocenters. The Bertz CT molecular complexity index is 1290. The van der Waals surface area contributed by atoms with Crippen LogP contribution in [0.2, 0.25) is 0 Å². The van der Waals surface area contributed by atoms with Gasteiger partial charge in [0.2, 0.25) is 10.0 Å². The average Bonchev–Trinajstić information content (AvgIpc) is 3.38. The number of benzene rings is 2. The number of methoxy groups -OCH3 is 2. The number of fused-ring (bicyclic) bond motifs is 1. The first-order chi connectivity index (χ1) is 17.8. The minimum absolute atomic E-state index is 0.125. The second-order valence-corrected chi connectivity index (χ2v) is 12.6. The molecule has 1 aromatic heterocycles. The monoisotopic (exact) mass is 661 g/mol. The molecule has 1 saturated heterocycles. The number of alkyl halides is 1. The number of hydrogen-bond donors (Lipinski definition) is 1. The number of ether oxygens (including phenoxy) is 3. The summed E-state index contributed by atoms with van der Waals surface area (Å²) in [5.41, 5.74) is 2.53. The molecular weight excluding hydrogens is 629 g/mol. The SMILES string of the molecule is COc1ccc(OCCN(CCC2CCCCN2S(=O)(=O)c2ccc3ncsc3c2)C(O)I)cc1OC. The molecule has 0 bridgehead atoms. The lowest BCUT2D eigenvalue weighted by Crippen LogP contribution is -2.46. The number of hydrogen-bond acceptors (Lipinski definition) is 9. The van der Waals surface area contributed by atoms with Crippen molar-refractivity contribution in [2.45, 2.75) is 40.9 Å². The number of nitrogens with zero attached hydrogens (tertiary/aromatic N) is 3. The van der Waals surface area contributed by atoms with Crippen LogP contribution in [-0.2, 0) is 10.0 Å². The Morgan fingerprint density at radius 1 is 1.16 bits per heavy atom. The molecule has 1 fully saturated rings. The summed E-state index contributed by atoms with van der Waals surface area (Å²) in [4.78, 5) is 6.46. The molecule has 3 aromatic rings. The highest BCUT2D eigenvalue weighted by Crippen LogP contribution is 2.32. The molecule has 2 heterocycles. The molecule has 9 nitrogen and oxygen atoms in total. The van der Waals surface area contributed by atoms with Gasteiger partial charge >= 0.3 is 0 Å². The molecule has 0 aliphatic carbocycles. The van der Waals surface area contributed by atoms with Crippen LogP contribution >= 0.6 is 33.9 Å². The van der Waals surface area contributed by atoms with E-state index in [1.165, 1.54) is 11.3 Å². The number of aliphatic hydroxyl groups excluding tert-OH is 1. The van der Waals surface area contributed by atoms with Crippen LogP contribution in [0.15, 0.2) is 46.8 Å². The molecular formula is C25H32IN3O6S2. The van der Waals surface area contributed by atoms with Gasteiger partial charge in [-0.3, -0.25) is 4.90 Å². The second kappa shape index (κ2) is 12.9. The molecule has 1 N–H and O–H groups in total. The number of aromatic nitrogens is 1. The molecule has 0 saturated carbocycles. The fourth-order valence-electron chi connectivity index (χ4n) is 4.54. The van der Waals surface area contributed by atoms with Crippen molar-refractivity contribution in [2.75, 3.05) is 40.5 Å². The lowest BCUT2D eigenvalue weighted by Gasteiger charge is -2.36. The molecule has 0 radical (unpaired) electrons. The van der Waals surface area contributed by atoms with Crippen molar-refractivity contribution >= 4 is 54.2 Å². The summed E-state index contributed by atoms with van der Waals surface area (Å²) in [6.07, 6.45) is 3.25. The van der Waals surface area contributed by atoms with Gasteiger partial charge < -0.3 is 19.3 Å². The quantitative estimate of drug-likeness (QED) is 0.133. The maximum absolute atomic E-state index is 13.6. The number of piperidine rings is 1. The summed E-state index contributed by atoms with van der Waals surface area (Å²) >= 11 is 3.40. The first-order valence-electron chi connectivity index (χ1n) is 12.1. The van der Waals surface area contributed by atoms with E-state index >= 15 is 0 Å². The number of thiazole rings is 1. The fourth-order valence-corrected chi connectivity index (χ4v) is 7.64. The first kappa shape index (κ1) is 28.3. The number of sulfonamides is 1. The van der Waals surface area contributed by atoms with Gasteiger partial charge in [0.25, 0.3) is 0 Å². The Hall–Kier alpha value is -1.71. The summed E-state index contributed by atoms with van der Waals surface area (Å²) in [6, 6.07) is 10.4. The van der Waals surface area contributed by atoms with Gasteiger partial charge in [-0.1, -0.05) is 6.42 Å². The zero-order chi connectivity index (χ0) is 26.4. The average molecular weight is 662 g/mol. The van der Waals surface area contributed by atoms with E-state index in [0.717, 1.165) is 29.5 Å². The number of aliphatic hydroxyl groups is 1. The van der Waals surface area contributed by atoms with Crippen LogP contribution in [0.1, 0.15) is 25.7 Å². The van der Waals surface area contributed by atoms with E-state index in [1.54, 1.807) is 60.4 Å². The zero-order valence-corrected chi connectivity index (χ0v) is 24.7. The largest absolute Gasteiger partial charge is 0.493 e. The summed E-state index contributed by atoms with van der Waals surface area (Å²) in [5.74, 6) is 1.85. The predicted molar refractivity (Wildman–Crippen MR) is 152 cm³/mol. The van der Waals surface area contributed by atoms with Crippen molar-refractivity contribution in [1.29, 1.82) is 0 Å². The Morgan fingerprint density at radius 3 is 2.73 bits per heavy atom. The van der Waals surface area contributed by atoms with Gasteiger partial charge in [-0.2, -0.15) is 4.31 Å². The van der Waals surface area contributed by atoms with E-state index in [9.17, 15) is 13.5 Å². The van der Waals surface area contributed by atoms with Crippen LogP contribution < -0.4 is 14.2 Å². The summed E-state index contributed by atoms with van der Waals surface area (Å²) in [7, 11) is -0.480. The molecule has 1 aliphatic heterocycles. The lowest BCUT2D eigenvalue weighted by atomic mass is 10.0. The minimum Gasteiger partial charge on any atom is -0.493 e. The van der Waals surface area contributed by atoms with Crippen LogP contribution in [0.4, 0.5) is 0 Å². The summed E-state index contributed by atoms with van der Waals surface area (Å²) < 4.78 is 45.4. The van der Waals surface area contributed by atoms with Gasteiger partial charge in [-0.15, -0.1) is 11.3 Å². The van der Waals surface area contributed by atoms with Crippen molar-refractivity contribution in [2.24, 2.45) is 0 Å². The maximum atomic E-state index is 13.6. The predicted octanol–water partition coefficient (Wildman–Crippen LogP) is 4.34. The van der Waals surface area contributed by atoms with Crippen LogP contribution in [0.5, 0.6) is 17.2 Å². The fraction of sp³-hybridized carbons (Fsp3) is 0.480. The Kier molecular flexibility index (Phi) is 9.86. The molecule has 202 valence electrons. The van der Waals surface area contributed by atoms with Crippen molar-refractivity contribution < 1.29 is 27.7 Å². The van der Waals surface area contributed by atoms with Crippen LogP contribution in [-0.4, -0.2) is 78.5 Å². The molecule has 2 aromatic carbocycles. The minimum atomic E-state index is -3.63. The highest BCUT2D eigenvalue weighted by atomic mass is 127. The van der Waals surface area contributed by atoms with E-state index in [-0.39, 0.29) is 6.04 Å². The van der Waals surface area contributed by atoms with Gasteiger partial charge in [0.1, 0.15) is 12.4 Å². The van der Waals surface area contributed by atoms with Crippen LogP contribution in [0, 0.1) is 0 Å². The molecule has 0 amide bonds. The zero-order valence-electron chi connectivity index (χ0n) is 20.9. The smallest absolute Gasteiger partial charge is 0.243 e. The van der Waals surface area contributed by atoms with Crippen LogP contribution in [0.3, 0.4) is 0 Å². The molecule has 1 aliphatic rings. The highest BCUT2D eigenvalue weighted by molar-refractivity contribution is 14.1. The molecule has 4 rings (SSSR count). The maximum Gasteiger partial charge on any atom is 0.243 e. The second-order valence-electron chi connectivity index (χ2n) is 8.75.